The third-order valence-electron chi connectivity index (χ3n) is 5.10. The Morgan fingerprint density at radius 3 is 2.54 bits per heavy atom. The molecule has 146 valence electrons. The first-order valence-electron chi connectivity index (χ1n) is 9.90. The molecule has 0 heterocycles. The molecule has 26 heavy (non-hydrogen) atoms. The lowest BCUT2D eigenvalue weighted by atomic mass is 9.94. The van der Waals surface area contributed by atoms with Gasteiger partial charge in [0.05, 0.1) is 13.2 Å². The minimum atomic E-state index is -0.466. The van der Waals surface area contributed by atoms with E-state index in [4.69, 9.17) is 9.47 Å². The number of benzene rings is 1. The van der Waals surface area contributed by atoms with Crippen LogP contribution in [0.2, 0.25) is 0 Å². The zero-order valence-corrected chi connectivity index (χ0v) is 16.5. The lowest BCUT2D eigenvalue weighted by Crippen LogP contribution is -2.35. The van der Waals surface area contributed by atoms with Gasteiger partial charge in [-0.2, -0.15) is 0 Å². The maximum absolute atomic E-state index is 12.1. The zero-order valence-electron chi connectivity index (χ0n) is 16.5. The average Bonchev–Trinajstić information content (AvgIpc) is 2.69. The van der Waals surface area contributed by atoms with E-state index >= 15 is 0 Å². The summed E-state index contributed by atoms with van der Waals surface area (Å²) in [6.45, 7) is 5.84. The van der Waals surface area contributed by atoms with Gasteiger partial charge in [0.1, 0.15) is 6.10 Å². The van der Waals surface area contributed by atoms with E-state index in [0.29, 0.717) is 32.4 Å². The molecule has 2 rings (SSSR count). The van der Waals surface area contributed by atoms with Crippen molar-refractivity contribution >= 4 is 11.6 Å². The first-order chi connectivity index (χ1) is 12.6. The Labute approximate surface area is 158 Å². The van der Waals surface area contributed by atoms with Crippen molar-refractivity contribution in [1.82, 2.24) is 5.32 Å². The quantitative estimate of drug-likeness (QED) is 0.647. The minimum absolute atomic E-state index is 0.0927. The van der Waals surface area contributed by atoms with Crippen LogP contribution in [0.25, 0.3) is 0 Å². The second-order valence-electron chi connectivity index (χ2n) is 7.00. The van der Waals surface area contributed by atoms with Gasteiger partial charge in [-0.05, 0) is 44.4 Å². The number of anilines is 1. The molecule has 1 unspecified atom stereocenters. The number of hydrogen-bond acceptors (Lipinski definition) is 4. The minimum Gasteiger partial charge on any atom is -0.379 e. The van der Waals surface area contributed by atoms with Gasteiger partial charge in [-0.25, -0.2) is 0 Å². The monoisotopic (exact) mass is 362 g/mol. The van der Waals surface area contributed by atoms with Crippen LogP contribution in [0.4, 0.5) is 5.69 Å². The molecular formula is C21H34N2O3. The highest BCUT2D eigenvalue weighted by Crippen LogP contribution is 2.26. The van der Waals surface area contributed by atoms with E-state index in [0.717, 1.165) is 5.56 Å². The second-order valence-corrected chi connectivity index (χ2v) is 7.00. The molecule has 0 spiro atoms. The van der Waals surface area contributed by atoms with Crippen molar-refractivity contribution in [3.8, 4) is 0 Å². The molecule has 0 aromatic heterocycles. The summed E-state index contributed by atoms with van der Waals surface area (Å²) in [5, 5.41) is 2.93. The van der Waals surface area contributed by atoms with Crippen molar-refractivity contribution in [3.05, 3.63) is 29.8 Å². The van der Waals surface area contributed by atoms with Gasteiger partial charge in [-0.3, -0.25) is 4.79 Å². The normalized spacial score (nSPS) is 16.3. The summed E-state index contributed by atoms with van der Waals surface area (Å²) in [6.07, 6.45) is 6.16. The number of nitrogens with one attached hydrogen (secondary N) is 1. The maximum atomic E-state index is 12.1. The van der Waals surface area contributed by atoms with E-state index in [2.05, 4.69) is 41.5 Å². The molecule has 0 aliphatic heterocycles. The van der Waals surface area contributed by atoms with Gasteiger partial charge in [-0.15, -0.1) is 0 Å². The van der Waals surface area contributed by atoms with Gasteiger partial charge in [0.2, 0.25) is 5.91 Å². The second kappa shape index (κ2) is 11.2. The van der Waals surface area contributed by atoms with Gasteiger partial charge in [-0.1, -0.05) is 31.4 Å². The average molecular weight is 363 g/mol. The Bertz CT molecular complexity index is 527. The number of amides is 1. The Morgan fingerprint density at radius 2 is 1.88 bits per heavy atom. The number of carbonyl (C=O) groups excluding carboxylic acids is 1. The van der Waals surface area contributed by atoms with Crippen LogP contribution < -0.4 is 10.2 Å². The first-order valence-corrected chi connectivity index (χ1v) is 9.90. The lowest BCUT2D eigenvalue weighted by molar-refractivity contribution is -0.132. The largest absolute Gasteiger partial charge is 0.379 e. The van der Waals surface area contributed by atoms with Crippen LogP contribution in [0.5, 0.6) is 0 Å². The Kier molecular flexibility index (Phi) is 8.92. The number of hydrogen-bond donors (Lipinski definition) is 1. The van der Waals surface area contributed by atoms with Gasteiger partial charge in [0.15, 0.2) is 0 Å². The van der Waals surface area contributed by atoms with E-state index in [1.807, 2.05) is 6.92 Å². The summed E-state index contributed by atoms with van der Waals surface area (Å²) >= 11 is 0. The highest BCUT2D eigenvalue weighted by Gasteiger charge is 2.18. The number of ether oxygens (including phenoxy) is 2. The molecule has 1 fully saturated rings. The van der Waals surface area contributed by atoms with Crippen LogP contribution in [0.3, 0.4) is 0 Å². The smallest absolute Gasteiger partial charge is 0.249 e. The summed E-state index contributed by atoms with van der Waals surface area (Å²) in [5.74, 6) is -0.0927. The van der Waals surface area contributed by atoms with Crippen LogP contribution >= 0.6 is 0 Å². The molecule has 1 amide bonds. The number of carbonyl (C=O) groups is 1. The van der Waals surface area contributed by atoms with E-state index in [1.165, 1.54) is 37.8 Å². The molecule has 1 aliphatic carbocycles. The molecule has 0 saturated heterocycles. The van der Waals surface area contributed by atoms with Crippen LogP contribution in [0, 0.1) is 0 Å². The topological polar surface area (TPSA) is 50.8 Å². The Balaban J connectivity index is 1.75. The molecule has 0 bridgehead atoms. The van der Waals surface area contributed by atoms with Crippen molar-refractivity contribution in [2.75, 3.05) is 31.8 Å². The molecule has 5 nitrogen and oxygen atoms in total. The summed E-state index contributed by atoms with van der Waals surface area (Å²) in [5.41, 5.74) is 2.35. The highest BCUT2D eigenvalue weighted by molar-refractivity contribution is 5.80. The summed E-state index contributed by atoms with van der Waals surface area (Å²) < 4.78 is 10.7. The SMILES string of the molecule is CCOCCOC(C)C(=O)NCc1ccc(N(C)C2CCCCC2)cc1. The molecule has 0 radical (unpaired) electrons. The third-order valence-corrected chi connectivity index (χ3v) is 5.10. The number of nitrogens with zero attached hydrogens (tertiary/aromatic N) is 1. The van der Waals surface area contributed by atoms with Crippen molar-refractivity contribution in [2.45, 2.75) is 64.6 Å². The van der Waals surface area contributed by atoms with Crippen LogP contribution in [-0.4, -0.2) is 44.9 Å². The molecular weight excluding hydrogens is 328 g/mol. The summed E-state index contributed by atoms with van der Waals surface area (Å²) in [4.78, 5) is 14.5. The predicted molar refractivity (Wildman–Crippen MR) is 105 cm³/mol. The standard InChI is InChI=1S/C21H34N2O3/c1-4-25-14-15-26-17(2)21(24)22-16-18-10-12-20(13-11-18)23(3)19-8-6-5-7-9-19/h10-13,17,19H,4-9,14-16H2,1-3H3,(H,22,24). The van der Waals surface area contributed by atoms with Crippen molar-refractivity contribution in [3.63, 3.8) is 0 Å². The van der Waals surface area contributed by atoms with Gasteiger partial charge in [0.25, 0.3) is 0 Å². The predicted octanol–water partition coefficient (Wildman–Crippen LogP) is 3.51. The maximum Gasteiger partial charge on any atom is 0.249 e. The van der Waals surface area contributed by atoms with Crippen LogP contribution in [-0.2, 0) is 20.8 Å². The molecule has 1 N–H and O–H groups in total. The molecule has 1 aliphatic rings. The van der Waals surface area contributed by atoms with Gasteiger partial charge in [0, 0.05) is 31.9 Å². The third kappa shape index (κ3) is 6.61. The lowest BCUT2D eigenvalue weighted by Gasteiger charge is -2.33. The fourth-order valence-corrected chi connectivity index (χ4v) is 3.36. The van der Waals surface area contributed by atoms with E-state index < -0.39 is 6.10 Å². The van der Waals surface area contributed by atoms with E-state index in [1.54, 1.807) is 6.92 Å². The highest BCUT2D eigenvalue weighted by atomic mass is 16.5. The molecule has 1 atom stereocenters. The molecule has 5 heteroatoms. The zero-order chi connectivity index (χ0) is 18.8. The fraction of sp³-hybridized carbons (Fsp3) is 0.667. The van der Waals surface area contributed by atoms with Crippen molar-refractivity contribution in [2.24, 2.45) is 0 Å². The Hall–Kier alpha value is -1.59. The van der Waals surface area contributed by atoms with Gasteiger partial charge >= 0.3 is 0 Å². The fourth-order valence-electron chi connectivity index (χ4n) is 3.36. The van der Waals surface area contributed by atoms with Crippen molar-refractivity contribution < 1.29 is 14.3 Å². The van der Waals surface area contributed by atoms with Crippen molar-refractivity contribution in [1.29, 1.82) is 0 Å². The van der Waals surface area contributed by atoms with Crippen LogP contribution in [0.1, 0.15) is 51.5 Å². The van der Waals surface area contributed by atoms with E-state index in [-0.39, 0.29) is 5.91 Å². The first kappa shape index (κ1) is 20.7. The Morgan fingerprint density at radius 1 is 1.19 bits per heavy atom. The van der Waals surface area contributed by atoms with E-state index in [9.17, 15) is 4.79 Å². The van der Waals surface area contributed by atoms with Crippen LogP contribution in [0.15, 0.2) is 24.3 Å². The molecule has 1 aromatic carbocycles. The molecule has 1 aromatic rings. The number of rotatable bonds is 10. The molecule has 1 saturated carbocycles. The summed E-state index contributed by atoms with van der Waals surface area (Å²) in [7, 11) is 2.19. The van der Waals surface area contributed by atoms with Gasteiger partial charge < -0.3 is 19.7 Å². The summed E-state index contributed by atoms with van der Waals surface area (Å²) in [6, 6.07) is 9.14.